The zero-order valence-corrected chi connectivity index (χ0v) is 14.5. The second-order valence-electron chi connectivity index (χ2n) is 3.30. The molecule has 2 rings (SSSR count). The van der Waals surface area contributed by atoms with Gasteiger partial charge in [0.05, 0.1) is 0 Å². The Labute approximate surface area is 103 Å². The van der Waals surface area contributed by atoms with Crippen LogP contribution >= 0.6 is 16.8 Å². The summed E-state index contributed by atoms with van der Waals surface area (Å²) in [5, 5.41) is 0. The van der Waals surface area contributed by atoms with Crippen LogP contribution in [0.4, 0.5) is 0 Å². The maximum absolute atomic E-state index is 3.10. The second-order valence-corrected chi connectivity index (χ2v) is 14.3. The van der Waals surface area contributed by atoms with E-state index in [0.717, 1.165) is 0 Å². The van der Waals surface area contributed by atoms with E-state index in [1.807, 2.05) is 0 Å². The molecule has 0 saturated carbocycles. The van der Waals surface area contributed by atoms with E-state index in [1.165, 1.54) is 0 Å². The topological polar surface area (TPSA) is 0 Å². The monoisotopic (exact) mass is 342 g/mol. The number of hydrogen-bond donors (Lipinski definition) is 0. The molecular formula is C12H16P2Sn. The fourth-order valence-corrected chi connectivity index (χ4v) is 9.23. The Morgan fingerprint density at radius 1 is 0.667 bits per heavy atom. The van der Waals surface area contributed by atoms with Gasteiger partial charge in [-0.25, -0.2) is 0 Å². The molecule has 78 valence electrons. The van der Waals surface area contributed by atoms with Gasteiger partial charge >= 0.3 is 93.9 Å². The third-order valence-electron chi connectivity index (χ3n) is 2.32. The number of rotatable bonds is 2. The molecule has 0 radical (unpaired) electrons. The Bertz CT molecular complexity index is 349. The van der Waals surface area contributed by atoms with Crippen LogP contribution in [0.25, 0.3) is 0 Å². The zero-order chi connectivity index (χ0) is 9.80. The molecule has 0 aliphatic carbocycles. The van der Waals surface area contributed by atoms with Gasteiger partial charge in [0, 0.05) is 0 Å². The van der Waals surface area contributed by atoms with Gasteiger partial charge in [-0.05, 0) is 0 Å². The molecule has 0 aromatic heterocycles. The number of hydrogen-bond acceptors (Lipinski definition) is 0. The predicted octanol–water partition coefficient (Wildman–Crippen LogP) is 1.46. The molecule has 0 aliphatic heterocycles. The van der Waals surface area contributed by atoms with Gasteiger partial charge in [0.1, 0.15) is 0 Å². The van der Waals surface area contributed by atoms with E-state index in [0.29, 0.717) is 0 Å². The third-order valence-corrected chi connectivity index (χ3v) is 13.8. The van der Waals surface area contributed by atoms with Crippen molar-refractivity contribution >= 4 is 43.2 Å². The van der Waals surface area contributed by atoms with Crippen LogP contribution < -0.4 is 7.16 Å². The summed E-state index contributed by atoms with van der Waals surface area (Å²) in [6.07, 6.45) is 0. The van der Waals surface area contributed by atoms with Gasteiger partial charge in [-0.15, -0.1) is 0 Å². The van der Waals surface area contributed by atoms with Gasteiger partial charge in [0.2, 0.25) is 0 Å². The van der Waals surface area contributed by atoms with Crippen LogP contribution in [-0.2, 0) is 0 Å². The molecule has 0 aliphatic rings. The molecule has 0 saturated heterocycles. The van der Waals surface area contributed by atoms with Gasteiger partial charge in [0.15, 0.2) is 0 Å². The summed E-state index contributed by atoms with van der Waals surface area (Å²) >= 11 is -1.72. The zero-order valence-electron chi connectivity index (χ0n) is 8.64. The summed E-state index contributed by atoms with van der Waals surface area (Å²) in [6, 6.07) is 21.7. The second kappa shape index (κ2) is 6.63. The Hall–Kier alpha value is 0.0987. The molecule has 3 heteroatoms. The summed E-state index contributed by atoms with van der Waals surface area (Å²) in [5.41, 5.74) is 0. The van der Waals surface area contributed by atoms with Crippen LogP contribution in [0.5, 0.6) is 0 Å². The molecular weight excluding hydrogens is 325 g/mol. The molecule has 2 atom stereocenters. The van der Waals surface area contributed by atoms with E-state index in [1.54, 1.807) is 7.16 Å². The van der Waals surface area contributed by atoms with E-state index in [-0.39, 0.29) is 9.90 Å². The van der Waals surface area contributed by atoms with Crippen LogP contribution in [-0.4, -0.2) is 19.2 Å². The molecule has 0 N–H and O–H groups in total. The van der Waals surface area contributed by atoms with Crippen LogP contribution in [0.2, 0.25) is 0 Å². The average Bonchev–Trinajstić information content (AvgIpc) is 2.30. The first-order valence-corrected chi connectivity index (χ1v) is 14.4. The summed E-state index contributed by atoms with van der Waals surface area (Å²) in [6.45, 7) is 3.10. The molecule has 0 spiro atoms. The minimum absolute atomic E-state index is 0. The summed E-state index contributed by atoms with van der Waals surface area (Å²) in [4.78, 5) is 0. The van der Waals surface area contributed by atoms with Crippen molar-refractivity contribution in [1.29, 1.82) is 0 Å². The van der Waals surface area contributed by atoms with Gasteiger partial charge in [0.25, 0.3) is 0 Å². The molecule has 0 bridgehead atoms. The van der Waals surface area contributed by atoms with Crippen molar-refractivity contribution in [2.75, 3.05) is 0 Å². The van der Waals surface area contributed by atoms with Crippen LogP contribution in [0.3, 0.4) is 0 Å². The van der Waals surface area contributed by atoms with E-state index >= 15 is 0 Å². The number of benzene rings is 2. The molecule has 0 nitrogen and oxygen atoms in total. The van der Waals surface area contributed by atoms with Gasteiger partial charge in [-0.1, -0.05) is 0 Å². The summed E-state index contributed by atoms with van der Waals surface area (Å²) in [7, 11) is 0. The van der Waals surface area contributed by atoms with Gasteiger partial charge in [-0.3, -0.25) is 0 Å². The first kappa shape index (κ1) is 13.2. The van der Waals surface area contributed by atoms with Crippen molar-refractivity contribution in [3.8, 4) is 0 Å². The molecule has 2 unspecified atom stereocenters. The molecule has 15 heavy (non-hydrogen) atoms. The molecule has 2 aromatic rings. The van der Waals surface area contributed by atoms with Crippen molar-refractivity contribution in [3.63, 3.8) is 0 Å². The standard InChI is InChI=1S/2C6H5.H3P.H2P.Sn.H/c2*1-2-4-6-5-3-1;;;;/h2*1-5H;1H3;1H2;;/q;;;-1;+1;. The quantitative estimate of drug-likeness (QED) is 0.573. The van der Waals surface area contributed by atoms with Crippen LogP contribution in [0, 0.1) is 0 Å². The first-order valence-electron chi connectivity index (χ1n) is 4.73. The molecule has 0 heterocycles. The van der Waals surface area contributed by atoms with Crippen LogP contribution in [0.15, 0.2) is 60.7 Å². The normalized spacial score (nSPS) is 9.73. The Morgan fingerprint density at radius 2 is 1.00 bits per heavy atom. The van der Waals surface area contributed by atoms with Crippen molar-refractivity contribution in [1.82, 2.24) is 0 Å². The summed E-state index contributed by atoms with van der Waals surface area (Å²) < 4.78 is 3.09. The van der Waals surface area contributed by atoms with E-state index in [9.17, 15) is 0 Å². The predicted molar refractivity (Wildman–Crippen MR) is 80.1 cm³/mol. The van der Waals surface area contributed by atoms with E-state index < -0.39 is 19.2 Å². The van der Waals surface area contributed by atoms with Crippen molar-refractivity contribution in [2.45, 2.75) is 0 Å². The minimum atomic E-state index is -1.72. The molecule has 0 fully saturated rings. The van der Waals surface area contributed by atoms with E-state index in [4.69, 9.17) is 0 Å². The Balaban J connectivity index is 0.00000112. The maximum atomic E-state index is 3.10. The summed E-state index contributed by atoms with van der Waals surface area (Å²) in [5.74, 6) is 0. The van der Waals surface area contributed by atoms with Crippen molar-refractivity contribution in [3.05, 3.63) is 60.7 Å². The van der Waals surface area contributed by atoms with E-state index in [2.05, 4.69) is 67.6 Å². The van der Waals surface area contributed by atoms with Crippen molar-refractivity contribution < 1.29 is 0 Å². The third kappa shape index (κ3) is 3.55. The molecule has 0 amide bonds. The fourth-order valence-electron chi connectivity index (χ4n) is 1.51. The average molecular weight is 341 g/mol. The first-order chi connectivity index (χ1) is 6.88. The van der Waals surface area contributed by atoms with Gasteiger partial charge in [-0.2, -0.15) is 9.90 Å². The van der Waals surface area contributed by atoms with Crippen LogP contribution in [0.1, 0.15) is 0 Å². The fraction of sp³-hybridized carbons (Fsp3) is 0. The Kier molecular flexibility index (Phi) is 5.82. The van der Waals surface area contributed by atoms with Gasteiger partial charge < -0.3 is 0 Å². The van der Waals surface area contributed by atoms with Crippen molar-refractivity contribution in [2.24, 2.45) is 0 Å². The SMILES string of the molecule is P.[PH2][SnH]([c]1ccccc1)[c]1ccccc1. The molecule has 2 aromatic carbocycles. The Morgan fingerprint density at radius 3 is 1.33 bits per heavy atom.